The van der Waals surface area contributed by atoms with Crippen LogP contribution in [0.5, 0.6) is 0 Å². The average Bonchev–Trinajstić information content (AvgIpc) is 0. The molecule has 0 aromatic rings. The number of hydrogen-bond donors (Lipinski definition) is 0. The van der Waals surface area contributed by atoms with Crippen molar-refractivity contribution in [1.29, 1.82) is 0 Å². The zero-order valence-electron chi connectivity index (χ0n) is 2.32. The molecule has 0 atom stereocenters. The van der Waals surface area contributed by atoms with Crippen LogP contribution in [-0.2, 0) is 39.0 Å². The van der Waals surface area contributed by atoms with Crippen LogP contribution in [0.1, 0.15) is 0 Å². The van der Waals surface area contributed by atoms with E-state index in [0.29, 0.717) is 0 Å². The predicted molar refractivity (Wildman–Crippen MR) is 16.1 cm³/mol. The molecule has 0 aliphatic heterocycles. The Morgan fingerprint density at radius 3 is 0.750 bits per heavy atom. The van der Waals surface area contributed by atoms with Crippen LogP contribution in [0.3, 0.4) is 0 Å². The summed E-state index contributed by atoms with van der Waals surface area (Å²) in [6, 6.07) is 0. The third-order valence-corrected chi connectivity index (χ3v) is 0. The SMILES string of the molecule is S.[Se].[Zn].[Zn]. The quantitative estimate of drug-likeness (QED) is 0.514. The van der Waals surface area contributed by atoms with Crippen LogP contribution < -0.4 is 0 Å². The molecule has 0 aromatic heterocycles. The Morgan fingerprint density at radius 1 is 0.750 bits per heavy atom. The first-order valence-electron chi connectivity index (χ1n) is 0. The molecule has 0 saturated heterocycles. The summed E-state index contributed by atoms with van der Waals surface area (Å²) in [5.74, 6) is 0. The molecular weight excluding hydrogens is 242 g/mol. The Bertz CT molecular complexity index is 6.00. The van der Waals surface area contributed by atoms with Gasteiger partial charge in [0, 0.05) is 56.0 Å². The van der Waals surface area contributed by atoms with Crippen LogP contribution in [0, 0.1) is 0 Å². The second kappa shape index (κ2) is 19.4. The maximum atomic E-state index is 0. The summed E-state index contributed by atoms with van der Waals surface area (Å²) in [5.41, 5.74) is 0. The van der Waals surface area contributed by atoms with Crippen molar-refractivity contribution in [3.05, 3.63) is 0 Å². The first kappa shape index (κ1) is 35.7. The molecule has 4 heavy (non-hydrogen) atoms. The van der Waals surface area contributed by atoms with Crippen LogP contribution in [0.2, 0.25) is 0 Å². The van der Waals surface area contributed by atoms with E-state index >= 15 is 0 Å². The molecule has 0 rings (SSSR count). The third kappa shape index (κ3) is 8.93. The van der Waals surface area contributed by atoms with Gasteiger partial charge >= 0.3 is 0 Å². The molecule has 18 valence electrons. The van der Waals surface area contributed by atoms with E-state index < -0.39 is 0 Å². The van der Waals surface area contributed by atoms with Gasteiger partial charge in [0.1, 0.15) is 0 Å². The van der Waals surface area contributed by atoms with Gasteiger partial charge in [-0.1, -0.05) is 0 Å². The first-order valence-corrected chi connectivity index (χ1v) is 0. The Balaban J connectivity index is 0. The number of rotatable bonds is 0. The molecule has 0 N–H and O–H groups in total. The smallest absolute Gasteiger partial charge is 0 e. The Labute approximate surface area is 68.9 Å². The maximum absolute atomic E-state index is 0. The van der Waals surface area contributed by atoms with Crippen molar-refractivity contribution in [2.75, 3.05) is 0 Å². The normalized spacial score (nSPS) is 0. The van der Waals surface area contributed by atoms with Crippen LogP contribution in [0.4, 0.5) is 0 Å². The van der Waals surface area contributed by atoms with Gasteiger partial charge in [0.05, 0.1) is 0 Å². The minimum absolute atomic E-state index is 0. The molecule has 0 fully saturated rings. The van der Waals surface area contributed by atoms with E-state index in [9.17, 15) is 0 Å². The van der Waals surface area contributed by atoms with E-state index in [1.807, 2.05) is 0 Å². The molecule has 0 aromatic carbocycles. The largest absolute Gasteiger partial charge is 0.197 e. The van der Waals surface area contributed by atoms with Gasteiger partial charge in [-0.25, -0.2) is 0 Å². The molecular formula is H2SSeZn2. The third-order valence-electron chi connectivity index (χ3n) is 0. The maximum Gasteiger partial charge on any atom is 0 e. The zero-order valence-corrected chi connectivity index (χ0v) is 11.0. The second-order valence-corrected chi connectivity index (χ2v) is 0. The van der Waals surface area contributed by atoms with Crippen molar-refractivity contribution in [3.63, 3.8) is 0 Å². The Morgan fingerprint density at radius 2 is 0.750 bits per heavy atom. The standard InChI is InChI=1S/H2S.Se.2Zn/h1H2;;;. The van der Waals surface area contributed by atoms with Crippen molar-refractivity contribution in [2.24, 2.45) is 0 Å². The van der Waals surface area contributed by atoms with E-state index in [2.05, 4.69) is 0 Å². The summed E-state index contributed by atoms with van der Waals surface area (Å²) in [5, 5.41) is 0. The van der Waals surface area contributed by atoms with Gasteiger partial charge in [0.2, 0.25) is 0 Å². The van der Waals surface area contributed by atoms with Crippen molar-refractivity contribution in [1.82, 2.24) is 0 Å². The van der Waals surface area contributed by atoms with Crippen LogP contribution in [-0.4, -0.2) is 17.1 Å². The van der Waals surface area contributed by atoms with Crippen molar-refractivity contribution in [3.8, 4) is 0 Å². The molecule has 0 nitrogen and oxygen atoms in total. The van der Waals surface area contributed by atoms with E-state index in [1.54, 1.807) is 0 Å². The molecule has 4 heteroatoms. The minimum atomic E-state index is 0. The molecule has 0 unspecified atom stereocenters. The fourth-order valence-corrected chi connectivity index (χ4v) is 0. The van der Waals surface area contributed by atoms with Gasteiger partial charge < -0.3 is 0 Å². The van der Waals surface area contributed by atoms with Crippen LogP contribution in [0.25, 0.3) is 0 Å². The second-order valence-electron chi connectivity index (χ2n) is 0. The van der Waals surface area contributed by atoms with E-state index in [0.717, 1.165) is 0 Å². The fourth-order valence-electron chi connectivity index (χ4n) is 0. The van der Waals surface area contributed by atoms with Gasteiger partial charge in [0.25, 0.3) is 0 Å². The van der Waals surface area contributed by atoms with Crippen LogP contribution in [0.15, 0.2) is 0 Å². The van der Waals surface area contributed by atoms with Gasteiger partial charge in [-0.05, 0) is 0 Å². The minimum Gasteiger partial charge on any atom is -0.197 e. The summed E-state index contributed by atoms with van der Waals surface area (Å²) >= 11 is 0. The van der Waals surface area contributed by atoms with Gasteiger partial charge in [-0.3, -0.25) is 0 Å². The Hall–Kier alpha value is 2.12. The zero-order chi connectivity index (χ0) is 0. The molecule has 0 aliphatic carbocycles. The van der Waals surface area contributed by atoms with Crippen molar-refractivity contribution >= 4 is 30.6 Å². The summed E-state index contributed by atoms with van der Waals surface area (Å²) in [6.45, 7) is 0. The van der Waals surface area contributed by atoms with E-state index in [4.69, 9.17) is 0 Å². The molecule has 0 aliphatic rings. The Kier molecular flexibility index (Phi) is 173. The molecule has 2 radical (unpaired) electrons. The van der Waals surface area contributed by atoms with Gasteiger partial charge in [0.15, 0.2) is 0 Å². The first-order chi connectivity index (χ1) is 0. The van der Waals surface area contributed by atoms with E-state index in [1.165, 1.54) is 0 Å². The molecule has 0 amide bonds. The fraction of sp³-hybridized carbons (Fsp3) is 0. The summed E-state index contributed by atoms with van der Waals surface area (Å²) in [6.07, 6.45) is 0. The molecule has 0 saturated carbocycles. The molecule has 0 heterocycles. The number of hydrogen-bond acceptors (Lipinski definition) is 0. The summed E-state index contributed by atoms with van der Waals surface area (Å²) in [4.78, 5) is 0. The molecule has 0 bridgehead atoms. The summed E-state index contributed by atoms with van der Waals surface area (Å²) < 4.78 is 0. The monoisotopic (exact) mass is 242 g/mol. The summed E-state index contributed by atoms with van der Waals surface area (Å²) in [7, 11) is 0. The topological polar surface area (TPSA) is 0 Å². The molecule has 0 spiro atoms. The van der Waals surface area contributed by atoms with Crippen molar-refractivity contribution < 1.29 is 39.0 Å². The van der Waals surface area contributed by atoms with Crippen LogP contribution >= 0.6 is 13.5 Å². The van der Waals surface area contributed by atoms with Gasteiger partial charge in [-0.15, -0.1) is 0 Å². The van der Waals surface area contributed by atoms with Crippen molar-refractivity contribution in [2.45, 2.75) is 0 Å². The van der Waals surface area contributed by atoms with E-state index in [-0.39, 0.29) is 69.5 Å². The predicted octanol–water partition coefficient (Wildman–Crippen LogP) is -0.273. The average molecular weight is 244 g/mol. The van der Waals surface area contributed by atoms with Gasteiger partial charge in [-0.2, -0.15) is 13.5 Å².